The molecule has 0 aromatic rings. The zero-order valence-electron chi connectivity index (χ0n) is 14.2. The van der Waals surface area contributed by atoms with Crippen molar-refractivity contribution in [3.05, 3.63) is 0 Å². The Labute approximate surface area is 127 Å². The van der Waals surface area contributed by atoms with Gasteiger partial charge in [-0.25, -0.2) is 0 Å². The van der Waals surface area contributed by atoms with Gasteiger partial charge in [0.2, 0.25) is 11.8 Å². The van der Waals surface area contributed by atoms with Gasteiger partial charge in [-0.3, -0.25) is 9.59 Å². The van der Waals surface area contributed by atoms with Crippen molar-refractivity contribution in [2.75, 3.05) is 0 Å². The lowest BCUT2D eigenvalue weighted by Crippen LogP contribution is -2.43. The molecule has 21 heavy (non-hydrogen) atoms. The van der Waals surface area contributed by atoms with Gasteiger partial charge in [-0.15, -0.1) is 0 Å². The summed E-state index contributed by atoms with van der Waals surface area (Å²) in [5, 5.41) is 14.9. The molecule has 5 heteroatoms. The maximum absolute atomic E-state index is 11.2. The van der Waals surface area contributed by atoms with E-state index in [0.717, 1.165) is 0 Å². The molecule has 2 saturated carbocycles. The first-order valence-electron chi connectivity index (χ1n) is 7.69. The van der Waals surface area contributed by atoms with Gasteiger partial charge in [0.15, 0.2) is 0 Å². The predicted octanol–water partition coefficient (Wildman–Crippen LogP) is 1.94. The fraction of sp³-hybridized carbons (Fsp3) is 0.875. The van der Waals surface area contributed by atoms with E-state index in [0.29, 0.717) is 18.9 Å². The first kappa shape index (κ1) is 18.0. The van der Waals surface area contributed by atoms with E-state index in [9.17, 15) is 14.7 Å². The lowest BCUT2D eigenvalue weighted by molar-refractivity contribution is -0.132. The quantitative estimate of drug-likeness (QED) is 0.682. The van der Waals surface area contributed by atoms with Crippen LogP contribution in [0.1, 0.15) is 67.2 Å². The highest BCUT2D eigenvalue weighted by Gasteiger charge is 2.43. The van der Waals surface area contributed by atoms with Crippen LogP contribution in [0.3, 0.4) is 0 Å². The van der Waals surface area contributed by atoms with Crippen LogP contribution in [0, 0.1) is 10.8 Å². The number of rotatable bonds is 2. The topological polar surface area (TPSA) is 78.4 Å². The molecule has 2 fully saturated rings. The summed E-state index contributed by atoms with van der Waals surface area (Å²) in [5.74, 6) is 0.0903. The smallest absolute Gasteiger partial charge is 0.227 e. The van der Waals surface area contributed by atoms with Crippen molar-refractivity contribution in [1.82, 2.24) is 10.6 Å². The molecule has 0 saturated heterocycles. The lowest BCUT2D eigenvalue weighted by atomic mass is 9.95. The van der Waals surface area contributed by atoms with Crippen molar-refractivity contribution in [3.8, 4) is 0 Å². The molecule has 122 valence electrons. The molecule has 2 rings (SSSR count). The molecule has 0 atom stereocenters. The van der Waals surface area contributed by atoms with Gasteiger partial charge in [0.05, 0.1) is 0 Å². The van der Waals surface area contributed by atoms with Crippen molar-refractivity contribution >= 4 is 11.8 Å². The molecule has 0 aromatic carbocycles. The first-order chi connectivity index (χ1) is 9.33. The first-order valence-corrected chi connectivity index (χ1v) is 7.69. The Balaban J connectivity index is 0.000000211. The van der Waals surface area contributed by atoms with Gasteiger partial charge in [-0.05, 0) is 25.7 Å². The highest BCUT2D eigenvalue weighted by atomic mass is 16.3. The average Bonchev–Trinajstić information content (AvgIpc) is 3.17. The van der Waals surface area contributed by atoms with Crippen LogP contribution >= 0.6 is 0 Å². The number of amides is 2. The Morgan fingerprint density at radius 1 is 0.952 bits per heavy atom. The molecule has 0 aromatic heterocycles. The van der Waals surface area contributed by atoms with E-state index >= 15 is 0 Å². The average molecular weight is 298 g/mol. The third-order valence-corrected chi connectivity index (χ3v) is 3.34. The van der Waals surface area contributed by atoms with Crippen LogP contribution in [0.4, 0.5) is 0 Å². The second-order valence-corrected chi connectivity index (χ2v) is 8.23. The van der Waals surface area contributed by atoms with Crippen molar-refractivity contribution in [1.29, 1.82) is 0 Å². The maximum atomic E-state index is 11.2. The van der Waals surface area contributed by atoms with E-state index in [1.54, 1.807) is 0 Å². The summed E-state index contributed by atoms with van der Waals surface area (Å²) in [6, 6.07) is 0.492. The van der Waals surface area contributed by atoms with Crippen LogP contribution in [0.25, 0.3) is 0 Å². The summed E-state index contributed by atoms with van der Waals surface area (Å²) >= 11 is 0. The van der Waals surface area contributed by atoms with Crippen molar-refractivity contribution in [2.45, 2.75) is 79.0 Å². The molecular weight excluding hydrogens is 268 g/mol. The fourth-order valence-electron chi connectivity index (χ4n) is 1.27. The van der Waals surface area contributed by atoms with E-state index in [2.05, 4.69) is 10.6 Å². The molecule has 0 heterocycles. The summed E-state index contributed by atoms with van der Waals surface area (Å²) in [5.41, 5.74) is -1.49. The van der Waals surface area contributed by atoms with Crippen LogP contribution in [-0.4, -0.2) is 28.7 Å². The molecular formula is C16H30N2O3. The number of nitrogens with one attached hydrogen (secondary N) is 2. The maximum Gasteiger partial charge on any atom is 0.227 e. The fourth-order valence-corrected chi connectivity index (χ4v) is 1.27. The molecule has 5 nitrogen and oxygen atoms in total. The van der Waals surface area contributed by atoms with Crippen LogP contribution in [0.5, 0.6) is 0 Å². The number of carbonyl (C=O) groups excluding carboxylic acids is 2. The van der Waals surface area contributed by atoms with Gasteiger partial charge in [-0.1, -0.05) is 41.5 Å². The summed E-state index contributed by atoms with van der Waals surface area (Å²) in [7, 11) is 0. The Bertz CT molecular complexity index is 397. The Kier molecular flexibility index (Phi) is 5.09. The van der Waals surface area contributed by atoms with E-state index in [1.165, 1.54) is 12.8 Å². The summed E-state index contributed by atoms with van der Waals surface area (Å²) in [6.45, 7) is 11.3. The monoisotopic (exact) mass is 298 g/mol. The Morgan fingerprint density at radius 2 is 1.38 bits per heavy atom. The number of aliphatic hydroxyl groups is 1. The number of hydrogen-bond donors (Lipinski definition) is 3. The van der Waals surface area contributed by atoms with E-state index in [1.807, 2.05) is 41.5 Å². The summed E-state index contributed by atoms with van der Waals surface area (Å²) in [4.78, 5) is 22.5. The molecule has 2 amide bonds. The Morgan fingerprint density at radius 3 is 1.67 bits per heavy atom. The molecule has 0 bridgehead atoms. The minimum Gasteiger partial charge on any atom is -0.371 e. The molecule has 3 N–H and O–H groups in total. The lowest BCUT2D eigenvalue weighted by Gasteiger charge is -2.20. The van der Waals surface area contributed by atoms with Crippen molar-refractivity contribution in [2.24, 2.45) is 10.8 Å². The molecule has 0 radical (unpaired) electrons. The summed E-state index contributed by atoms with van der Waals surface area (Å²) < 4.78 is 0. The molecule has 0 aliphatic heterocycles. The van der Waals surface area contributed by atoms with Crippen LogP contribution in [-0.2, 0) is 9.59 Å². The van der Waals surface area contributed by atoms with Gasteiger partial charge < -0.3 is 15.7 Å². The van der Waals surface area contributed by atoms with Gasteiger partial charge in [0.25, 0.3) is 0 Å². The SMILES string of the molecule is CC(C)(C)C(=O)NC1(O)CC1.CC(C)(C)C(=O)NC1CC1. The minimum absolute atomic E-state index is 0.0856. The van der Waals surface area contributed by atoms with E-state index in [4.69, 9.17) is 0 Å². The van der Waals surface area contributed by atoms with Crippen LogP contribution in [0.15, 0.2) is 0 Å². The van der Waals surface area contributed by atoms with Gasteiger partial charge in [-0.2, -0.15) is 0 Å². The minimum atomic E-state index is -0.871. The van der Waals surface area contributed by atoms with E-state index < -0.39 is 11.1 Å². The second kappa shape index (κ2) is 5.95. The molecule has 2 aliphatic carbocycles. The third kappa shape index (κ3) is 6.93. The van der Waals surface area contributed by atoms with Gasteiger partial charge in [0, 0.05) is 16.9 Å². The Hall–Kier alpha value is -1.10. The normalized spacial score (nSPS) is 20.0. The van der Waals surface area contributed by atoms with Crippen molar-refractivity contribution in [3.63, 3.8) is 0 Å². The highest BCUT2D eigenvalue weighted by molar-refractivity contribution is 5.82. The van der Waals surface area contributed by atoms with Gasteiger partial charge in [0.1, 0.15) is 5.72 Å². The second-order valence-electron chi connectivity index (χ2n) is 8.23. The number of carbonyl (C=O) groups is 2. The van der Waals surface area contributed by atoms with E-state index in [-0.39, 0.29) is 17.2 Å². The zero-order chi connectivity index (χ0) is 16.5. The summed E-state index contributed by atoms with van der Waals surface area (Å²) in [6.07, 6.45) is 3.72. The van der Waals surface area contributed by atoms with Crippen molar-refractivity contribution < 1.29 is 14.7 Å². The van der Waals surface area contributed by atoms with Gasteiger partial charge >= 0.3 is 0 Å². The van der Waals surface area contributed by atoms with Crippen LogP contribution in [0.2, 0.25) is 0 Å². The molecule has 0 spiro atoms. The standard InChI is InChI=1S/C8H15NO2.C8H15NO/c1-7(2,3)6(10)9-8(11)4-5-8;1-8(2,3)7(10)9-6-4-5-6/h11H,4-5H2,1-3H3,(H,9,10);6H,4-5H2,1-3H3,(H,9,10). The predicted molar refractivity (Wildman–Crippen MR) is 82.4 cm³/mol. The largest absolute Gasteiger partial charge is 0.371 e. The zero-order valence-corrected chi connectivity index (χ0v) is 14.2. The van der Waals surface area contributed by atoms with Crippen LogP contribution < -0.4 is 10.6 Å². The highest BCUT2D eigenvalue weighted by Crippen LogP contribution is 2.32. The molecule has 2 aliphatic rings. The third-order valence-electron chi connectivity index (χ3n) is 3.34. The number of hydrogen-bond acceptors (Lipinski definition) is 3. The molecule has 0 unspecified atom stereocenters.